The van der Waals surface area contributed by atoms with E-state index in [0.29, 0.717) is 15.5 Å². The summed E-state index contributed by atoms with van der Waals surface area (Å²) in [6.07, 6.45) is 0. The van der Waals surface area contributed by atoms with Crippen LogP contribution < -0.4 is 5.32 Å². The molecule has 0 bridgehead atoms. The van der Waals surface area contributed by atoms with Gasteiger partial charge >= 0.3 is 0 Å². The predicted octanol–water partition coefficient (Wildman–Crippen LogP) is 2.24. The van der Waals surface area contributed by atoms with Crippen molar-refractivity contribution in [2.45, 2.75) is 0 Å². The number of benzene rings is 1. The fourth-order valence-electron chi connectivity index (χ4n) is 0.662. The van der Waals surface area contributed by atoms with Gasteiger partial charge in [0.2, 0.25) is 5.91 Å². The van der Waals surface area contributed by atoms with Gasteiger partial charge < -0.3 is 5.32 Å². The van der Waals surface area contributed by atoms with E-state index in [-0.39, 0.29) is 11.6 Å². The van der Waals surface area contributed by atoms with Crippen molar-refractivity contribution in [3.05, 3.63) is 37.3 Å². The van der Waals surface area contributed by atoms with Crippen LogP contribution in [-0.4, -0.2) is 17.4 Å². The van der Waals surface area contributed by atoms with E-state index >= 15 is 0 Å². The Bertz CT molecular complexity index is 403. The van der Waals surface area contributed by atoms with Gasteiger partial charge in [0.1, 0.15) is 0 Å². The molecule has 2 rings (SSSR count). The molecule has 0 aliphatic carbocycles. The first-order valence-corrected chi connectivity index (χ1v) is 5.45. The van der Waals surface area contributed by atoms with Gasteiger partial charge in [0, 0.05) is 10.5 Å². The number of carbonyl (C=O) groups excluding carboxylic acids is 1. The van der Waals surface area contributed by atoms with E-state index in [4.69, 9.17) is 0 Å². The average molecular weight is 338 g/mol. The lowest BCUT2D eigenvalue weighted by Crippen LogP contribution is -1.88. The van der Waals surface area contributed by atoms with Crippen LogP contribution in [0.3, 0.4) is 0 Å². The number of rotatable bonds is 1. The van der Waals surface area contributed by atoms with Crippen LogP contribution in [0.25, 0.3) is 0 Å². The SMILES string of the molecule is O=C1CN1.O=[N+]([O-])c1cc(Br)ccc1Br. The van der Waals surface area contributed by atoms with Gasteiger partial charge in [-0.2, -0.15) is 0 Å². The van der Waals surface area contributed by atoms with Crippen LogP contribution >= 0.6 is 31.9 Å². The third-order valence-electron chi connectivity index (χ3n) is 1.43. The molecule has 1 fully saturated rings. The lowest BCUT2D eigenvalue weighted by atomic mass is 10.3. The minimum absolute atomic E-state index is 0.0689. The van der Waals surface area contributed by atoms with E-state index in [1.807, 2.05) is 0 Å². The highest BCUT2D eigenvalue weighted by atomic mass is 79.9. The molecule has 1 aliphatic rings. The summed E-state index contributed by atoms with van der Waals surface area (Å²) < 4.78 is 1.19. The van der Waals surface area contributed by atoms with Crippen LogP contribution in [0.4, 0.5) is 5.69 Å². The summed E-state index contributed by atoms with van der Waals surface area (Å²) in [5, 5.41) is 12.8. The molecule has 0 spiro atoms. The highest BCUT2D eigenvalue weighted by molar-refractivity contribution is 9.11. The highest BCUT2D eigenvalue weighted by Gasteiger charge is 2.11. The number of nitro groups is 1. The summed E-state index contributed by atoms with van der Waals surface area (Å²) in [7, 11) is 0. The van der Waals surface area contributed by atoms with Crippen molar-refractivity contribution >= 4 is 43.5 Å². The second-order valence-corrected chi connectivity index (χ2v) is 4.40. The molecular weight excluding hydrogens is 332 g/mol. The van der Waals surface area contributed by atoms with E-state index in [2.05, 4.69) is 37.2 Å². The number of carbonyl (C=O) groups is 1. The molecule has 0 radical (unpaired) electrons. The number of hydrogen-bond acceptors (Lipinski definition) is 3. The molecule has 15 heavy (non-hydrogen) atoms. The molecule has 1 heterocycles. The lowest BCUT2D eigenvalue weighted by Gasteiger charge is -1.94. The van der Waals surface area contributed by atoms with E-state index in [0.717, 1.165) is 0 Å². The Morgan fingerprint density at radius 2 is 1.93 bits per heavy atom. The van der Waals surface area contributed by atoms with Gasteiger partial charge in [0.25, 0.3) is 5.69 Å². The third-order valence-corrected chi connectivity index (χ3v) is 2.59. The van der Waals surface area contributed by atoms with E-state index < -0.39 is 4.92 Å². The van der Waals surface area contributed by atoms with Crippen molar-refractivity contribution in [3.8, 4) is 0 Å². The molecule has 0 aromatic heterocycles. The normalized spacial score (nSPS) is 12.3. The fraction of sp³-hybridized carbons (Fsp3) is 0.125. The first-order valence-electron chi connectivity index (χ1n) is 3.87. The minimum Gasteiger partial charge on any atom is -0.346 e. The Labute approximate surface area is 102 Å². The van der Waals surface area contributed by atoms with Crippen molar-refractivity contribution in [2.75, 3.05) is 6.54 Å². The summed E-state index contributed by atoms with van der Waals surface area (Å²) in [4.78, 5) is 19.3. The number of nitro benzene ring substituents is 1. The van der Waals surface area contributed by atoms with Crippen molar-refractivity contribution in [2.24, 2.45) is 0 Å². The van der Waals surface area contributed by atoms with E-state index in [1.54, 1.807) is 12.1 Å². The maximum atomic E-state index is 10.3. The molecule has 1 aromatic carbocycles. The minimum atomic E-state index is -0.436. The topological polar surface area (TPSA) is 82.2 Å². The van der Waals surface area contributed by atoms with Gasteiger partial charge in [0.05, 0.1) is 15.9 Å². The van der Waals surface area contributed by atoms with Gasteiger partial charge in [-0.1, -0.05) is 15.9 Å². The molecule has 7 heteroatoms. The van der Waals surface area contributed by atoms with Crippen LogP contribution in [0.5, 0.6) is 0 Å². The lowest BCUT2D eigenvalue weighted by molar-refractivity contribution is -0.385. The van der Waals surface area contributed by atoms with Crippen molar-refractivity contribution in [3.63, 3.8) is 0 Å². The molecule has 5 nitrogen and oxygen atoms in total. The van der Waals surface area contributed by atoms with Crippen molar-refractivity contribution < 1.29 is 9.72 Å². The van der Waals surface area contributed by atoms with E-state index in [1.165, 1.54) is 6.07 Å². The van der Waals surface area contributed by atoms with Crippen molar-refractivity contribution in [1.29, 1.82) is 0 Å². The van der Waals surface area contributed by atoms with Crippen LogP contribution in [-0.2, 0) is 4.79 Å². The maximum Gasteiger partial charge on any atom is 0.284 e. The smallest absolute Gasteiger partial charge is 0.284 e. The van der Waals surface area contributed by atoms with Crippen LogP contribution in [0, 0.1) is 10.1 Å². The molecule has 0 saturated carbocycles. The Morgan fingerprint density at radius 3 is 2.27 bits per heavy atom. The first kappa shape index (κ1) is 12.1. The van der Waals surface area contributed by atoms with Crippen LogP contribution in [0.1, 0.15) is 0 Å². The molecule has 1 N–H and O–H groups in total. The van der Waals surface area contributed by atoms with Gasteiger partial charge in [0.15, 0.2) is 0 Å². The van der Waals surface area contributed by atoms with Gasteiger partial charge in [-0.25, -0.2) is 0 Å². The molecule has 1 aromatic rings. The quantitative estimate of drug-likeness (QED) is 0.484. The zero-order valence-corrected chi connectivity index (χ0v) is 10.5. The van der Waals surface area contributed by atoms with Gasteiger partial charge in [-0.3, -0.25) is 14.9 Å². The number of nitrogens with zero attached hydrogens (tertiary/aromatic N) is 1. The predicted molar refractivity (Wildman–Crippen MR) is 61.5 cm³/mol. The molecular formula is C8H6Br2N2O3. The summed E-state index contributed by atoms with van der Waals surface area (Å²) in [5.74, 6) is 0.167. The molecule has 80 valence electrons. The van der Waals surface area contributed by atoms with Crippen molar-refractivity contribution in [1.82, 2.24) is 5.32 Å². The number of nitrogens with one attached hydrogen (secondary N) is 1. The zero-order valence-electron chi connectivity index (χ0n) is 7.37. The summed E-state index contributed by atoms with van der Waals surface area (Å²) in [6, 6.07) is 4.81. The third kappa shape index (κ3) is 4.39. The monoisotopic (exact) mass is 336 g/mol. The first-order chi connectivity index (χ1) is 7.00. The molecule has 0 unspecified atom stereocenters. The summed E-state index contributed by atoms with van der Waals surface area (Å²) >= 11 is 6.21. The summed E-state index contributed by atoms with van der Waals surface area (Å²) in [6.45, 7) is 0.597. The zero-order chi connectivity index (χ0) is 11.4. The Balaban J connectivity index is 0.000000234. The Hall–Kier alpha value is -0.950. The number of halogens is 2. The molecule has 1 saturated heterocycles. The largest absolute Gasteiger partial charge is 0.346 e. The second kappa shape index (κ2) is 5.22. The maximum absolute atomic E-state index is 10.3. The van der Waals surface area contributed by atoms with Gasteiger partial charge in [-0.05, 0) is 28.1 Å². The Kier molecular flexibility index (Phi) is 4.22. The standard InChI is InChI=1S/C6H3Br2NO2.C2H3NO/c7-4-1-2-5(8)6(3-4)9(10)11;4-2-1-3-2/h1-3H;1H2,(H,3,4). The summed E-state index contributed by atoms with van der Waals surface area (Å²) in [5.41, 5.74) is 0.0689. The molecule has 1 amide bonds. The van der Waals surface area contributed by atoms with Gasteiger partial charge in [-0.15, -0.1) is 0 Å². The number of hydrogen-bond donors (Lipinski definition) is 1. The second-order valence-electron chi connectivity index (χ2n) is 2.63. The highest BCUT2D eigenvalue weighted by Crippen LogP contribution is 2.27. The Morgan fingerprint density at radius 1 is 1.40 bits per heavy atom. The van der Waals surface area contributed by atoms with Crippen LogP contribution in [0.15, 0.2) is 27.1 Å². The number of amides is 1. The average Bonchev–Trinajstić information content (AvgIpc) is 2.93. The van der Waals surface area contributed by atoms with Crippen LogP contribution in [0.2, 0.25) is 0 Å². The van der Waals surface area contributed by atoms with E-state index in [9.17, 15) is 14.9 Å². The fourth-order valence-corrected chi connectivity index (χ4v) is 1.40. The molecule has 0 atom stereocenters. The molecule has 1 aliphatic heterocycles.